The zero-order chi connectivity index (χ0) is 15.9. The summed E-state index contributed by atoms with van der Waals surface area (Å²) in [5, 5.41) is 8.74. The maximum atomic E-state index is 11.6. The van der Waals surface area contributed by atoms with Gasteiger partial charge in [-0.2, -0.15) is 0 Å². The summed E-state index contributed by atoms with van der Waals surface area (Å²) >= 11 is 0. The zero-order valence-corrected chi connectivity index (χ0v) is 14.0. The minimum Gasteiger partial charge on any atom is -0.481 e. The Kier molecular flexibility index (Phi) is 13.5. The Hall–Kier alpha value is -0.860. The molecule has 1 N–H and O–H groups in total. The average Bonchev–Trinajstić information content (AvgIpc) is 2.44. The van der Waals surface area contributed by atoms with Gasteiger partial charge in [-0.1, -0.05) is 78.1 Å². The largest absolute Gasteiger partial charge is 0.481 e. The number of carboxylic acids is 1. The number of aliphatic carboxylic acids is 1. The van der Waals surface area contributed by atoms with Crippen molar-refractivity contribution in [2.45, 2.75) is 97.3 Å². The average molecular weight is 298 g/mol. The third-order valence-corrected chi connectivity index (χ3v) is 4.01. The summed E-state index contributed by atoms with van der Waals surface area (Å²) in [6.07, 6.45) is 14.7. The lowest BCUT2D eigenvalue weighted by Crippen LogP contribution is -2.14. The normalized spacial score (nSPS) is 12.3. The van der Waals surface area contributed by atoms with Gasteiger partial charge in [0.05, 0.1) is 5.92 Å². The number of carboxylic acid groups (broad SMARTS) is 1. The molecule has 0 fully saturated rings. The highest BCUT2D eigenvalue weighted by Crippen LogP contribution is 2.13. The first-order valence-corrected chi connectivity index (χ1v) is 8.82. The van der Waals surface area contributed by atoms with Crippen LogP contribution in [-0.4, -0.2) is 16.9 Å². The Morgan fingerprint density at radius 2 is 1.24 bits per heavy atom. The van der Waals surface area contributed by atoms with Crippen molar-refractivity contribution in [2.24, 2.45) is 5.92 Å². The van der Waals surface area contributed by atoms with Gasteiger partial charge in [-0.25, -0.2) is 0 Å². The van der Waals surface area contributed by atoms with Crippen molar-refractivity contribution in [1.29, 1.82) is 0 Å². The number of hydrogen-bond donors (Lipinski definition) is 1. The van der Waals surface area contributed by atoms with Crippen LogP contribution in [0.25, 0.3) is 0 Å². The highest BCUT2D eigenvalue weighted by Gasteiger charge is 2.14. The van der Waals surface area contributed by atoms with Gasteiger partial charge in [0.1, 0.15) is 5.78 Å². The lowest BCUT2D eigenvalue weighted by Gasteiger charge is -2.05. The molecule has 0 amide bonds. The monoisotopic (exact) mass is 298 g/mol. The van der Waals surface area contributed by atoms with Crippen molar-refractivity contribution in [3.8, 4) is 0 Å². The molecule has 0 aliphatic carbocycles. The van der Waals surface area contributed by atoms with E-state index in [1.807, 2.05) is 0 Å². The highest BCUT2D eigenvalue weighted by atomic mass is 16.4. The fraction of sp³-hybridized carbons (Fsp3) is 0.889. The van der Waals surface area contributed by atoms with Gasteiger partial charge in [0.25, 0.3) is 0 Å². The van der Waals surface area contributed by atoms with E-state index in [-0.39, 0.29) is 12.2 Å². The van der Waals surface area contributed by atoms with Crippen LogP contribution in [0.5, 0.6) is 0 Å². The molecule has 0 aromatic carbocycles. The fourth-order valence-electron chi connectivity index (χ4n) is 2.52. The summed E-state index contributed by atoms with van der Waals surface area (Å²) in [7, 11) is 0. The Morgan fingerprint density at radius 1 is 0.810 bits per heavy atom. The van der Waals surface area contributed by atoms with Crippen molar-refractivity contribution < 1.29 is 14.7 Å². The number of carbonyl (C=O) groups excluding carboxylic acids is 1. The molecule has 3 heteroatoms. The molecule has 0 saturated heterocycles. The number of hydrogen-bond acceptors (Lipinski definition) is 2. The zero-order valence-electron chi connectivity index (χ0n) is 14.0. The summed E-state index contributed by atoms with van der Waals surface area (Å²) in [4.78, 5) is 22.2. The summed E-state index contributed by atoms with van der Waals surface area (Å²) < 4.78 is 0. The molecule has 0 unspecified atom stereocenters. The summed E-state index contributed by atoms with van der Waals surface area (Å²) in [5.74, 6) is -1.31. The Bertz CT molecular complexity index is 274. The number of unbranched alkanes of at least 4 members (excludes halogenated alkanes) is 10. The molecule has 0 radical (unpaired) electrons. The van der Waals surface area contributed by atoms with Gasteiger partial charge in [0, 0.05) is 12.8 Å². The van der Waals surface area contributed by atoms with Crippen molar-refractivity contribution in [2.75, 3.05) is 0 Å². The molecule has 0 bridgehead atoms. The van der Waals surface area contributed by atoms with Crippen molar-refractivity contribution >= 4 is 11.8 Å². The van der Waals surface area contributed by atoms with Gasteiger partial charge < -0.3 is 5.11 Å². The van der Waals surface area contributed by atoms with E-state index in [0.717, 1.165) is 12.8 Å². The van der Waals surface area contributed by atoms with Crippen LogP contribution in [-0.2, 0) is 9.59 Å². The maximum Gasteiger partial charge on any atom is 0.306 e. The van der Waals surface area contributed by atoms with E-state index >= 15 is 0 Å². The molecular weight excluding hydrogens is 264 g/mol. The van der Waals surface area contributed by atoms with Crippen molar-refractivity contribution in [3.63, 3.8) is 0 Å². The third-order valence-electron chi connectivity index (χ3n) is 4.01. The van der Waals surface area contributed by atoms with Gasteiger partial charge >= 0.3 is 5.97 Å². The first-order chi connectivity index (χ1) is 10.1. The molecule has 0 aliphatic heterocycles. The molecule has 0 aromatic rings. The predicted molar refractivity (Wildman–Crippen MR) is 87.5 cm³/mol. The number of ketones is 1. The molecular formula is C18H34O3. The molecule has 0 spiro atoms. The molecule has 0 rings (SSSR count). The van der Waals surface area contributed by atoms with E-state index in [4.69, 9.17) is 5.11 Å². The van der Waals surface area contributed by atoms with Crippen LogP contribution in [0.4, 0.5) is 0 Å². The van der Waals surface area contributed by atoms with E-state index in [0.29, 0.717) is 6.42 Å². The molecule has 1 atom stereocenters. The van der Waals surface area contributed by atoms with Crippen LogP contribution >= 0.6 is 0 Å². The maximum absolute atomic E-state index is 11.6. The van der Waals surface area contributed by atoms with E-state index in [1.54, 1.807) is 6.92 Å². The predicted octanol–water partition coefficient (Wildman–Crippen LogP) is 5.37. The topological polar surface area (TPSA) is 54.4 Å². The Morgan fingerprint density at radius 3 is 1.67 bits per heavy atom. The quantitative estimate of drug-likeness (QED) is 0.414. The number of Topliss-reactive ketones (excluding diaryl/α,β-unsaturated/α-hetero) is 1. The summed E-state index contributed by atoms with van der Waals surface area (Å²) in [6.45, 7) is 3.84. The summed E-state index contributed by atoms with van der Waals surface area (Å²) in [5.41, 5.74) is 0. The minimum absolute atomic E-state index is 0.0980. The molecule has 3 nitrogen and oxygen atoms in total. The van der Waals surface area contributed by atoms with E-state index < -0.39 is 11.9 Å². The van der Waals surface area contributed by atoms with Crippen LogP contribution in [0, 0.1) is 5.92 Å². The van der Waals surface area contributed by atoms with Crippen LogP contribution in [0.2, 0.25) is 0 Å². The molecule has 0 aromatic heterocycles. The van der Waals surface area contributed by atoms with Gasteiger partial charge in [0.2, 0.25) is 0 Å². The minimum atomic E-state index is -0.873. The Balaban J connectivity index is 3.25. The lowest BCUT2D eigenvalue weighted by atomic mass is 10.00. The van der Waals surface area contributed by atoms with Gasteiger partial charge in [-0.3, -0.25) is 9.59 Å². The second kappa shape index (κ2) is 14.1. The molecule has 0 aliphatic rings. The Labute approximate surface area is 130 Å². The lowest BCUT2D eigenvalue weighted by molar-refractivity contribution is -0.143. The van der Waals surface area contributed by atoms with Gasteiger partial charge in [-0.05, 0) is 6.42 Å². The van der Waals surface area contributed by atoms with Crippen LogP contribution < -0.4 is 0 Å². The second-order valence-electron chi connectivity index (χ2n) is 6.27. The van der Waals surface area contributed by atoms with Crippen molar-refractivity contribution in [3.05, 3.63) is 0 Å². The van der Waals surface area contributed by atoms with Gasteiger partial charge in [-0.15, -0.1) is 0 Å². The number of rotatable bonds is 15. The molecule has 21 heavy (non-hydrogen) atoms. The number of carbonyl (C=O) groups is 2. The molecule has 124 valence electrons. The van der Waals surface area contributed by atoms with E-state index in [1.165, 1.54) is 57.8 Å². The van der Waals surface area contributed by atoms with E-state index in [2.05, 4.69) is 6.92 Å². The molecule has 0 heterocycles. The van der Waals surface area contributed by atoms with Crippen molar-refractivity contribution in [1.82, 2.24) is 0 Å². The van der Waals surface area contributed by atoms with Crippen LogP contribution in [0.15, 0.2) is 0 Å². The first-order valence-electron chi connectivity index (χ1n) is 8.82. The summed E-state index contributed by atoms with van der Waals surface area (Å²) in [6, 6.07) is 0. The second-order valence-corrected chi connectivity index (χ2v) is 6.27. The standard InChI is InChI=1S/C18H34O3/c1-3-4-5-6-7-8-9-10-11-12-13-14-17(19)15-16(2)18(20)21/h16H,3-15H2,1-2H3,(H,20,21)/t16-/m0/s1. The van der Waals surface area contributed by atoms with Crippen LogP contribution in [0.1, 0.15) is 97.3 Å². The highest BCUT2D eigenvalue weighted by molar-refractivity contribution is 5.83. The third kappa shape index (κ3) is 13.9. The first kappa shape index (κ1) is 20.1. The fourth-order valence-corrected chi connectivity index (χ4v) is 2.52. The van der Waals surface area contributed by atoms with Gasteiger partial charge in [0.15, 0.2) is 0 Å². The smallest absolute Gasteiger partial charge is 0.306 e. The SMILES string of the molecule is CCCCCCCCCCCCCC(=O)C[C@H](C)C(=O)O. The van der Waals surface area contributed by atoms with Crippen LogP contribution in [0.3, 0.4) is 0 Å². The molecule has 0 saturated carbocycles. The van der Waals surface area contributed by atoms with E-state index in [9.17, 15) is 9.59 Å².